The van der Waals surface area contributed by atoms with E-state index in [1.807, 2.05) is 0 Å². The molecule has 1 amide bonds. The zero-order valence-corrected chi connectivity index (χ0v) is 15.1. The second-order valence-corrected chi connectivity index (χ2v) is 7.68. The second kappa shape index (κ2) is 8.63. The highest BCUT2D eigenvalue weighted by molar-refractivity contribution is 5.77. The molecule has 0 bridgehead atoms. The highest BCUT2D eigenvalue weighted by Gasteiger charge is 2.26. The van der Waals surface area contributed by atoms with Gasteiger partial charge in [0.2, 0.25) is 0 Å². The summed E-state index contributed by atoms with van der Waals surface area (Å²) in [7, 11) is 0. The Kier molecular flexibility index (Phi) is 6.27. The van der Waals surface area contributed by atoms with Crippen molar-refractivity contribution in [1.82, 2.24) is 5.32 Å². The Bertz CT molecular complexity index is 531. The fourth-order valence-corrected chi connectivity index (χ4v) is 4.14. The maximum Gasteiger partial charge on any atom is 0.275 e. The van der Waals surface area contributed by atoms with E-state index in [2.05, 4.69) is 36.5 Å². The highest BCUT2D eigenvalue weighted by atomic mass is 16.2. The molecule has 2 aliphatic rings. The maximum atomic E-state index is 12.3. The summed E-state index contributed by atoms with van der Waals surface area (Å²) in [5, 5.41) is 3.26. The number of carbonyl (C=O) groups excluding carboxylic acids is 1. The fourth-order valence-electron chi connectivity index (χ4n) is 4.14. The van der Waals surface area contributed by atoms with Gasteiger partial charge in [-0.05, 0) is 25.3 Å². The van der Waals surface area contributed by atoms with Gasteiger partial charge in [0.15, 0.2) is 6.54 Å². The predicted molar refractivity (Wildman–Crippen MR) is 96.2 cm³/mol. The van der Waals surface area contributed by atoms with Gasteiger partial charge in [-0.1, -0.05) is 43.5 Å². The summed E-state index contributed by atoms with van der Waals surface area (Å²) >= 11 is 0. The van der Waals surface area contributed by atoms with Crippen LogP contribution in [0.4, 0.5) is 0 Å². The molecule has 1 aromatic rings. The summed E-state index contributed by atoms with van der Waals surface area (Å²) in [6.45, 7) is 8.54. The standard InChI is InChI=1S/C20H31N3O/c1-17-7-5-6-8-18(17)15-22-11-13-23(14-12-22)16-20(24)21-19-9-3-2-4-10-19/h5-8,19H,2-4,9-16H2,1H3,(H,21,24)/p+2. The molecule has 1 aliphatic heterocycles. The Hall–Kier alpha value is -1.39. The number of nitrogens with one attached hydrogen (secondary N) is 3. The van der Waals surface area contributed by atoms with Gasteiger partial charge in [0.25, 0.3) is 5.91 Å². The molecule has 0 aromatic heterocycles. The summed E-state index contributed by atoms with van der Waals surface area (Å²) in [5.74, 6) is 0.263. The smallest absolute Gasteiger partial charge is 0.275 e. The molecule has 24 heavy (non-hydrogen) atoms. The summed E-state index contributed by atoms with van der Waals surface area (Å²) in [4.78, 5) is 15.4. The quantitative estimate of drug-likeness (QED) is 0.683. The van der Waals surface area contributed by atoms with Gasteiger partial charge in [0.05, 0.1) is 0 Å². The first-order valence-electron chi connectivity index (χ1n) is 9.72. The molecule has 1 heterocycles. The van der Waals surface area contributed by atoms with E-state index in [0.29, 0.717) is 12.6 Å². The minimum atomic E-state index is 0.263. The van der Waals surface area contributed by atoms with Crippen LogP contribution in [-0.4, -0.2) is 44.7 Å². The second-order valence-electron chi connectivity index (χ2n) is 7.68. The number of rotatable bonds is 5. The SMILES string of the molecule is Cc1ccccc1C[NH+]1CC[NH+](CC(=O)NC2CCCCC2)CC1. The molecule has 0 atom stereocenters. The van der Waals surface area contributed by atoms with E-state index in [4.69, 9.17) is 0 Å². The van der Waals surface area contributed by atoms with Crippen LogP contribution in [0.1, 0.15) is 43.2 Å². The normalized spacial score (nSPS) is 25.4. The van der Waals surface area contributed by atoms with Gasteiger partial charge in [-0.25, -0.2) is 0 Å². The molecule has 1 saturated carbocycles. The van der Waals surface area contributed by atoms with Crippen LogP contribution in [0.15, 0.2) is 24.3 Å². The third kappa shape index (κ3) is 5.05. The van der Waals surface area contributed by atoms with E-state index in [1.165, 1.54) is 61.2 Å². The Morgan fingerprint density at radius 2 is 1.71 bits per heavy atom. The summed E-state index contributed by atoms with van der Waals surface area (Å²) in [5.41, 5.74) is 2.86. The number of hydrogen-bond acceptors (Lipinski definition) is 1. The molecule has 0 spiro atoms. The molecular weight excluding hydrogens is 298 g/mol. The van der Waals surface area contributed by atoms with Crippen LogP contribution >= 0.6 is 0 Å². The number of benzene rings is 1. The Morgan fingerprint density at radius 3 is 2.42 bits per heavy atom. The van der Waals surface area contributed by atoms with Gasteiger partial charge in [-0.2, -0.15) is 0 Å². The zero-order valence-electron chi connectivity index (χ0n) is 15.1. The Labute approximate surface area is 146 Å². The number of amides is 1. The molecule has 132 valence electrons. The summed E-state index contributed by atoms with van der Waals surface area (Å²) < 4.78 is 0. The van der Waals surface area contributed by atoms with Crippen LogP contribution in [0.5, 0.6) is 0 Å². The van der Waals surface area contributed by atoms with E-state index in [9.17, 15) is 4.79 Å². The number of aryl methyl sites for hydroxylation is 1. The zero-order chi connectivity index (χ0) is 16.8. The predicted octanol–water partition coefficient (Wildman–Crippen LogP) is -0.273. The van der Waals surface area contributed by atoms with E-state index in [0.717, 1.165) is 19.6 Å². The molecule has 4 heteroatoms. The van der Waals surface area contributed by atoms with Gasteiger partial charge in [-0.3, -0.25) is 4.79 Å². The van der Waals surface area contributed by atoms with Gasteiger partial charge in [0, 0.05) is 11.6 Å². The van der Waals surface area contributed by atoms with Crippen molar-refractivity contribution in [3.8, 4) is 0 Å². The van der Waals surface area contributed by atoms with E-state index < -0.39 is 0 Å². The van der Waals surface area contributed by atoms with Crippen molar-refractivity contribution in [2.75, 3.05) is 32.7 Å². The third-order valence-electron chi connectivity index (χ3n) is 5.75. The van der Waals surface area contributed by atoms with Gasteiger partial charge in [-0.15, -0.1) is 0 Å². The molecule has 0 unspecified atom stereocenters. The lowest BCUT2D eigenvalue weighted by atomic mass is 9.95. The van der Waals surface area contributed by atoms with Crippen molar-refractivity contribution in [2.45, 2.75) is 51.6 Å². The number of hydrogen-bond donors (Lipinski definition) is 3. The van der Waals surface area contributed by atoms with Gasteiger partial charge >= 0.3 is 0 Å². The average molecular weight is 332 g/mol. The largest absolute Gasteiger partial charge is 0.348 e. The van der Waals surface area contributed by atoms with Crippen molar-refractivity contribution >= 4 is 5.91 Å². The van der Waals surface area contributed by atoms with Crippen LogP contribution in [0.3, 0.4) is 0 Å². The van der Waals surface area contributed by atoms with Crippen LogP contribution in [0, 0.1) is 6.92 Å². The topological polar surface area (TPSA) is 38.0 Å². The highest BCUT2D eigenvalue weighted by Crippen LogP contribution is 2.16. The number of quaternary nitrogens is 2. The molecule has 1 saturated heterocycles. The first-order valence-corrected chi connectivity index (χ1v) is 9.72. The molecule has 1 aliphatic carbocycles. The first kappa shape index (κ1) is 17.4. The molecule has 4 nitrogen and oxygen atoms in total. The van der Waals surface area contributed by atoms with Crippen molar-refractivity contribution in [2.24, 2.45) is 0 Å². The monoisotopic (exact) mass is 331 g/mol. The van der Waals surface area contributed by atoms with Crippen LogP contribution < -0.4 is 15.1 Å². The van der Waals surface area contributed by atoms with Crippen molar-refractivity contribution in [3.63, 3.8) is 0 Å². The van der Waals surface area contributed by atoms with Crippen LogP contribution in [-0.2, 0) is 11.3 Å². The van der Waals surface area contributed by atoms with Crippen LogP contribution in [0.25, 0.3) is 0 Å². The summed E-state index contributed by atoms with van der Waals surface area (Å²) in [6, 6.07) is 9.14. The van der Waals surface area contributed by atoms with E-state index >= 15 is 0 Å². The van der Waals surface area contributed by atoms with Crippen LogP contribution in [0.2, 0.25) is 0 Å². The first-order chi connectivity index (χ1) is 11.7. The minimum absolute atomic E-state index is 0.263. The lowest BCUT2D eigenvalue weighted by Crippen LogP contribution is -3.28. The lowest BCUT2D eigenvalue weighted by molar-refractivity contribution is -1.02. The van der Waals surface area contributed by atoms with Crippen molar-refractivity contribution in [1.29, 1.82) is 0 Å². The average Bonchev–Trinajstić information content (AvgIpc) is 2.59. The Morgan fingerprint density at radius 1 is 1.04 bits per heavy atom. The van der Waals surface area contributed by atoms with Gasteiger partial charge in [0.1, 0.15) is 32.7 Å². The molecule has 0 radical (unpaired) electrons. The number of piperazine rings is 1. The van der Waals surface area contributed by atoms with Crippen molar-refractivity contribution in [3.05, 3.63) is 35.4 Å². The van der Waals surface area contributed by atoms with E-state index in [-0.39, 0.29) is 5.91 Å². The Balaban J connectivity index is 1.38. The third-order valence-corrected chi connectivity index (χ3v) is 5.75. The lowest BCUT2D eigenvalue weighted by Gasteiger charge is -2.30. The molecular formula is C20H33N3O+2. The molecule has 1 aromatic carbocycles. The molecule has 2 fully saturated rings. The van der Waals surface area contributed by atoms with Gasteiger partial charge < -0.3 is 15.1 Å². The fraction of sp³-hybridized carbons (Fsp3) is 0.650. The number of carbonyl (C=O) groups is 1. The molecule has 3 N–H and O–H groups in total. The maximum absolute atomic E-state index is 12.3. The van der Waals surface area contributed by atoms with E-state index in [1.54, 1.807) is 4.90 Å². The van der Waals surface area contributed by atoms with Crippen molar-refractivity contribution < 1.29 is 14.6 Å². The summed E-state index contributed by atoms with van der Waals surface area (Å²) in [6.07, 6.45) is 6.24. The molecule has 3 rings (SSSR count). The minimum Gasteiger partial charge on any atom is -0.348 e.